The molecule has 0 fully saturated rings. The van der Waals surface area contributed by atoms with Crippen molar-refractivity contribution in [1.29, 1.82) is 0 Å². The summed E-state index contributed by atoms with van der Waals surface area (Å²) in [6.45, 7) is 5.71. The predicted octanol–water partition coefficient (Wildman–Crippen LogP) is 2.08. The minimum atomic E-state index is -1.11. The Kier molecular flexibility index (Phi) is 15.2. The van der Waals surface area contributed by atoms with E-state index in [1.165, 1.54) is 6.08 Å². The van der Waals surface area contributed by atoms with Crippen LogP contribution in [0.1, 0.15) is 41.9 Å². The summed E-state index contributed by atoms with van der Waals surface area (Å²) in [6.07, 6.45) is 5.70. The molecule has 0 unspecified atom stereocenters. The second-order valence-corrected chi connectivity index (χ2v) is 4.39. The molecule has 0 heterocycles. The van der Waals surface area contributed by atoms with Crippen LogP contribution in [0.25, 0.3) is 0 Å². The number of allylic oxidation sites excluding steroid dienone is 1. The first-order valence-corrected chi connectivity index (χ1v) is 6.83. The molecule has 0 amide bonds. The number of aliphatic carboxylic acids is 1. The van der Waals surface area contributed by atoms with E-state index in [1.807, 2.05) is 0 Å². The minimum absolute atomic E-state index is 0. The van der Waals surface area contributed by atoms with Crippen LogP contribution < -0.4 is 0 Å². The van der Waals surface area contributed by atoms with Crippen LogP contribution in [0.2, 0.25) is 0 Å². The summed E-state index contributed by atoms with van der Waals surface area (Å²) < 4.78 is 9.80. The number of carbonyl (C=O) groups excluding carboxylic acids is 2. The summed E-state index contributed by atoms with van der Waals surface area (Å²) in [6, 6.07) is 0. The smallest absolute Gasteiger partial charge is 1.00 e. The molecule has 0 bridgehead atoms. The molecule has 0 aliphatic carbocycles. The third-order valence-corrected chi connectivity index (χ3v) is 2.47. The minimum Gasteiger partial charge on any atom is -1.00 e. The van der Waals surface area contributed by atoms with Crippen LogP contribution in [0.4, 0.5) is 0 Å². The second-order valence-electron chi connectivity index (χ2n) is 4.39. The van der Waals surface area contributed by atoms with Gasteiger partial charge in [0.25, 0.3) is 0 Å². The molecule has 0 aromatic heterocycles. The molecule has 0 saturated heterocycles. The SMILES string of the molecule is C=C(CC(=O)O)C(=O)OCCCCCCOC(=O)C=CC.[H-].[H-].[Mg+2]. The second kappa shape index (κ2) is 14.6. The molecule has 0 saturated carbocycles. The van der Waals surface area contributed by atoms with Crippen LogP contribution in [0.15, 0.2) is 24.3 Å². The summed E-state index contributed by atoms with van der Waals surface area (Å²) in [7, 11) is 0. The fourth-order valence-corrected chi connectivity index (χ4v) is 1.44. The van der Waals surface area contributed by atoms with Gasteiger partial charge in [0, 0.05) is 11.6 Å². The van der Waals surface area contributed by atoms with Crippen LogP contribution in [-0.2, 0) is 23.9 Å². The summed E-state index contributed by atoms with van der Waals surface area (Å²) in [5, 5.41) is 8.49. The van der Waals surface area contributed by atoms with Gasteiger partial charge in [0.1, 0.15) is 0 Å². The number of rotatable bonds is 11. The Bertz CT molecular complexity index is 413. The van der Waals surface area contributed by atoms with Crippen molar-refractivity contribution >= 4 is 41.0 Å². The molecule has 22 heavy (non-hydrogen) atoms. The van der Waals surface area contributed by atoms with Crippen molar-refractivity contribution in [3.8, 4) is 0 Å². The number of unbranched alkanes of at least 4 members (excludes halogenated alkanes) is 3. The fourth-order valence-electron chi connectivity index (χ4n) is 1.44. The molecular weight excluding hydrogens is 300 g/mol. The topological polar surface area (TPSA) is 89.9 Å². The van der Waals surface area contributed by atoms with E-state index >= 15 is 0 Å². The van der Waals surface area contributed by atoms with Gasteiger partial charge in [0.15, 0.2) is 0 Å². The van der Waals surface area contributed by atoms with E-state index in [0.29, 0.717) is 13.0 Å². The Morgan fingerprint density at radius 2 is 1.64 bits per heavy atom. The van der Waals surface area contributed by atoms with Crippen LogP contribution in [0.5, 0.6) is 0 Å². The predicted molar refractivity (Wildman–Crippen MR) is 84.6 cm³/mol. The van der Waals surface area contributed by atoms with Crippen molar-refractivity contribution in [2.24, 2.45) is 0 Å². The molecule has 0 rings (SSSR count). The maximum atomic E-state index is 11.3. The average Bonchev–Trinajstić information content (AvgIpc) is 2.41. The number of hydrogen-bond donors (Lipinski definition) is 1. The van der Waals surface area contributed by atoms with Crippen molar-refractivity contribution in [2.45, 2.75) is 39.0 Å². The first-order chi connectivity index (χ1) is 9.97. The summed E-state index contributed by atoms with van der Waals surface area (Å²) in [4.78, 5) is 32.6. The maximum Gasteiger partial charge on any atom is 2.00 e. The van der Waals surface area contributed by atoms with E-state index < -0.39 is 18.4 Å². The van der Waals surface area contributed by atoms with Gasteiger partial charge in [-0.15, -0.1) is 0 Å². The molecule has 122 valence electrons. The van der Waals surface area contributed by atoms with E-state index in [4.69, 9.17) is 14.6 Å². The van der Waals surface area contributed by atoms with Gasteiger partial charge in [-0.2, -0.15) is 0 Å². The molecule has 0 radical (unpaired) electrons. The number of carboxylic acid groups (broad SMARTS) is 1. The van der Waals surface area contributed by atoms with E-state index in [1.54, 1.807) is 13.0 Å². The number of hydrogen-bond acceptors (Lipinski definition) is 5. The molecule has 0 aromatic rings. The molecule has 0 aromatic carbocycles. The van der Waals surface area contributed by atoms with Crippen LogP contribution in [0, 0.1) is 0 Å². The summed E-state index contributed by atoms with van der Waals surface area (Å²) in [5.41, 5.74) is -0.0570. The number of ether oxygens (including phenoxy) is 2. The average molecular weight is 325 g/mol. The van der Waals surface area contributed by atoms with Crippen molar-refractivity contribution in [1.82, 2.24) is 0 Å². The van der Waals surface area contributed by atoms with Crippen molar-refractivity contribution < 1.29 is 31.8 Å². The Morgan fingerprint density at radius 3 is 2.14 bits per heavy atom. The summed E-state index contributed by atoms with van der Waals surface area (Å²) in [5.74, 6) is -2.12. The Balaban J connectivity index is -0.000000667. The number of carboxylic acids is 1. The largest absolute Gasteiger partial charge is 2.00 e. The van der Waals surface area contributed by atoms with Crippen LogP contribution >= 0.6 is 0 Å². The zero-order chi connectivity index (χ0) is 16.1. The molecule has 0 spiro atoms. The molecule has 0 aliphatic rings. The number of esters is 2. The summed E-state index contributed by atoms with van der Waals surface area (Å²) >= 11 is 0. The van der Waals surface area contributed by atoms with Gasteiger partial charge in [-0.05, 0) is 32.6 Å². The number of carbonyl (C=O) groups is 3. The third-order valence-electron chi connectivity index (χ3n) is 2.47. The molecule has 0 aliphatic heterocycles. The van der Waals surface area contributed by atoms with Gasteiger partial charge < -0.3 is 17.4 Å². The van der Waals surface area contributed by atoms with Gasteiger partial charge in [0.2, 0.25) is 0 Å². The maximum absolute atomic E-state index is 11.3. The normalized spacial score (nSPS) is 9.86. The first kappa shape index (κ1) is 22.9. The zero-order valence-electron chi connectivity index (χ0n) is 15.0. The standard InChI is InChI=1S/C15H22O6.Mg.2H/c1-3-8-14(18)20-9-6-4-5-7-10-21-15(19)12(2)11-13(16)17;;;/h3,8H,2,4-7,9-11H2,1H3,(H,16,17);;;/q;+2;2*-1. The van der Waals surface area contributed by atoms with E-state index in [2.05, 4.69) is 6.58 Å². The molecular formula is C15H24MgO6. The van der Waals surface area contributed by atoms with Crippen LogP contribution in [0.3, 0.4) is 0 Å². The molecule has 0 atom stereocenters. The molecule has 7 heteroatoms. The monoisotopic (exact) mass is 324 g/mol. The van der Waals surface area contributed by atoms with Gasteiger partial charge in [0.05, 0.1) is 19.6 Å². The van der Waals surface area contributed by atoms with Crippen molar-refractivity contribution in [2.75, 3.05) is 13.2 Å². The van der Waals surface area contributed by atoms with Gasteiger partial charge in [-0.25, -0.2) is 9.59 Å². The van der Waals surface area contributed by atoms with E-state index in [0.717, 1.165) is 19.3 Å². The first-order valence-electron chi connectivity index (χ1n) is 6.83. The third kappa shape index (κ3) is 13.6. The molecule has 1 N–H and O–H groups in total. The Labute approximate surface area is 149 Å². The zero-order valence-corrected chi connectivity index (χ0v) is 14.4. The van der Waals surface area contributed by atoms with Crippen molar-refractivity contribution in [3.05, 3.63) is 24.3 Å². The Hall–Kier alpha value is -1.34. The molecule has 6 nitrogen and oxygen atoms in total. The van der Waals surface area contributed by atoms with Crippen molar-refractivity contribution in [3.63, 3.8) is 0 Å². The van der Waals surface area contributed by atoms with E-state index in [9.17, 15) is 14.4 Å². The van der Waals surface area contributed by atoms with E-state index in [-0.39, 0.29) is 44.1 Å². The van der Waals surface area contributed by atoms with Gasteiger partial charge in [-0.1, -0.05) is 12.7 Å². The fraction of sp³-hybridized carbons (Fsp3) is 0.533. The van der Waals surface area contributed by atoms with Crippen LogP contribution in [-0.4, -0.2) is 59.3 Å². The van der Waals surface area contributed by atoms with Gasteiger partial charge >= 0.3 is 41.0 Å². The Morgan fingerprint density at radius 1 is 1.09 bits per heavy atom. The quantitative estimate of drug-likeness (QED) is 0.271. The van der Waals surface area contributed by atoms with Gasteiger partial charge in [-0.3, -0.25) is 4.79 Å².